The minimum atomic E-state index is -0.0238. The van der Waals surface area contributed by atoms with Crippen LogP contribution in [0, 0.1) is 6.92 Å². The van der Waals surface area contributed by atoms with Crippen molar-refractivity contribution in [3.8, 4) is 0 Å². The number of rotatable bonds is 4. The van der Waals surface area contributed by atoms with Crippen LogP contribution in [0.5, 0.6) is 0 Å². The smallest absolute Gasteiger partial charge is 0.151 e. The second-order valence-electron chi connectivity index (χ2n) is 5.56. The molecule has 0 unspecified atom stereocenters. The third-order valence-electron chi connectivity index (χ3n) is 3.69. The lowest BCUT2D eigenvalue weighted by atomic mass is 10.0. The van der Waals surface area contributed by atoms with E-state index in [9.17, 15) is 0 Å². The van der Waals surface area contributed by atoms with Crippen molar-refractivity contribution in [2.45, 2.75) is 25.4 Å². The topological polar surface area (TPSA) is 85.1 Å². The van der Waals surface area contributed by atoms with E-state index in [2.05, 4.69) is 39.7 Å². The zero-order valence-electron chi connectivity index (χ0n) is 12.6. The molecule has 1 aliphatic heterocycles. The molecular weight excluding hydrogens is 278 g/mol. The van der Waals surface area contributed by atoms with Gasteiger partial charge in [0.25, 0.3) is 0 Å². The fourth-order valence-electron chi connectivity index (χ4n) is 2.41. The van der Waals surface area contributed by atoms with Crippen LogP contribution >= 0.6 is 0 Å². The van der Waals surface area contributed by atoms with Crippen LogP contribution in [-0.2, 0) is 4.74 Å². The van der Waals surface area contributed by atoms with Gasteiger partial charge in [-0.05, 0) is 25.5 Å². The van der Waals surface area contributed by atoms with Crippen LogP contribution < -0.4 is 16.4 Å². The van der Waals surface area contributed by atoms with Crippen molar-refractivity contribution >= 4 is 17.3 Å². The number of ether oxygens (including phenoxy) is 1. The molecule has 0 radical (unpaired) electrons. The Morgan fingerprint density at radius 2 is 1.95 bits per heavy atom. The van der Waals surface area contributed by atoms with Gasteiger partial charge in [-0.1, -0.05) is 17.7 Å². The minimum absolute atomic E-state index is 0.0238. The molecule has 0 bridgehead atoms. The number of anilines is 3. The summed E-state index contributed by atoms with van der Waals surface area (Å²) < 4.78 is 5.35. The van der Waals surface area contributed by atoms with Crippen LogP contribution in [0.3, 0.4) is 0 Å². The van der Waals surface area contributed by atoms with Gasteiger partial charge in [0.2, 0.25) is 0 Å². The first-order valence-electron chi connectivity index (χ1n) is 7.46. The van der Waals surface area contributed by atoms with Gasteiger partial charge in [0, 0.05) is 24.4 Å². The van der Waals surface area contributed by atoms with Crippen LogP contribution in [0.2, 0.25) is 0 Å². The molecule has 0 saturated carbocycles. The summed E-state index contributed by atoms with van der Waals surface area (Å²) in [4.78, 5) is 8.77. The van der Waals surface area contributed by atoms with Gasteiger partial charge in [-0.2, -0.15) is 0 Å². The van der Waals surface area contributed by atoms with E-state index < -0.39 is 0 Å². The summed E-state index contributed by atoms with van der Waals surface area (Å²) in [6.07, 6.45) is 4.29. The molecule has 1 fully saturated rings. The summed E-state index contributed by atoms with van der Waals surface area (Å²) in [5.41, 5.74) is 8.26. The predicted molar refractivity (Wildman–Crippen MR) is 87.3 cm³/mol. The van der Waals surface area contributed by atoms with Crippen LogP contribution in [0.15, 0.2) is 36.7 Å². The first-order valence-corrected chi connectivity index (χ1v) is 7.46. The number of nitrogens with two attached hydrogens (primary N) is 1. The summed E-state index contributed by atoms with van der Waals surface area (Å²) in [5, 5.41) is 6.60. The standard InChI is InChI=1S/C16H21N5O/c1-11-2-4-12(5-3-11)19-15-8-18-9-16(21-15)20-14-6-7-22-10-13(14)17/h2-5,8-9,13-14H,6-7,10,17H2,1H3,(H2,19,20,21)/t13-,14+/m0/s1. The first kappa shape index (κ1) is 14.7. The highest BCUT2D eigenvalue weighted by Gasteiger charge is 2.22. The minimum Gasteiger partial charge on any atom is -0.380 e. The van der Waals surface area contributed by atoms with Crippen molar-refractivity contribution in [2.75, 3.05) is 23.8 Å². The van der Waals surface area contributed by atoms with Crippen molar-refractivity contribution in [1.29, 1.82) is 0 Å². The van der Waals surface area contributed by atoms with Crippen LogP contribution in [0.25, 0.3) is 0 Å². The molecule has 4 N–H and O–H groups in total. The Kier molecular flexibility index (Phi) is 4.50. The van der Waals surface area contributed by atoms with Crippen LogP contribution in [0.1, 0.15) is 12.0 Å². The normalized spacial score (nSPS) is 21.4. The second kappa shape index (κ2) is 6.72. The summed E-state index contributed by atoms with van der Waals surface area (Å²) in [6.45, 7) is 3.36. The third-order valence-corrected chi connectivity index (χ3v) is 3.69. The van der Waals surface area contributed by atoms with Gasteiger partial charge < -0.3 is 21.1 Å². The molecule has 1 saturated heterocycles. The summed E-state index contributed by atoms with van der Waals surface area (Å²) in [7, 11) is 0. The zero-order chi connectivity index (χ0) is 15.4. The molecule has 3 rings (SSSR count). The summed E-state index contributed by atoms with van der Waals surface area (Å²) in [5.74, 6) is 1.42. The van der Waals surface area contributed by atoms with E-state index >= 15 is 0 Å². The number of aryl methyl sites for hydroxylation is 1. The Balaban J connectivity index is 1.68. The van der Waals surface area contributed by atoms with Crippen molar-refractivity contribution in [3.63, 3.8) is 0 Å². The largest absolute Gasteiger partial charge is 0.380 e. The van der Waals surface area contributed by atoms with E-state index in [1.54, 1.807) is 12.4 Å². The summed E-state index contributed by atoms with van der Waals surface area (Å²) >= 11 is 0. The van der Waals surface area contributed by atoms with Crippen molar-refractivity contribution in [3.05, 3.63) is 42.2 Å². The van der Waals surface area contributed by atoms with E-state index in [4.69, 9.17) is 10.5 Å². The first-order chi connectivity index (χ1) is 10.7. The van der Waals surface area contributed by atoms with Gasteiger partial charge in [-0.25, -0.2) is 4.98 Å². The molecule has 0 spiro atoms. The molecule has 22 heavy (non-hydrogen) atoms. The van der Waals surface area contributed by atoms with E-state index in [1.807, 2.05) is 12.1 Å². The molecule has 1 aromatic carbocycles. The Bertz CT molecular complexity index is 616. The Hall–Kier alpha value is -2.18. The Labute approximate surface area is 130 Å². The van der Waals surface area contributed by atoms with Gasteiger partial charge in [-0.15, -0.1) is 0 Å². The number of hydrogen-bond acceptors (Lipinski definition) is 6. The van der Waals surface area contributed by atoms with Gasteiger partial charge in [0.1, 0.15) is 5.82 Å². The third kappa shape index (κ3) is 3.72. The average molecular weight is 299 g/mol. The second-order valence-corrected chi connectivity index (χ2v) is 5.56. The van der Waals surface area contributed by atoms with E-state index in [0.717, 1.165) is 24.5 Å². The number of aromatic nitrogens is 2. The molecule has 1 aromatic heterocycles. The SMILES string of the molecule is Cc1ccc(Nc2cncc(N[C@@H]3CCOC[C@@H]3N)n2)cc1. The quantitative estimate of drug-likeness (QED) is 0.801. The van der Waals surface area contributed by atoms with Gasteiger partial charge >= 0.3 is 0 Å². The highest BCUT2D eigenvalue weighted by Crippen LogP contribution is 2.17. The number of hydrogen-bond donors (Lipinski definition) is 3. The van der Waals surface area contributed by atoms with Crippen LogP contribution in [-0.4, -0.2) is 35.3 Å². The highest BCUT2D eigenvalue weighted by atomic mass is 16.5. The molecule has 1 aliphatic rings. The lowest BCUT2D eigenvalue weighted by Crippen LogP contribution is -2.47. The fraction of sp³-hybridized carbons (Fsp3) is 0.375. The number of nitrogens with zero attached hydrogens (tertiary/aromatic N) is 2. The molecule has 2 atom stereocenters. The molecule has 0 amide bonds. The van der Waals surface area contributed by atoms with Crippen molar-refractivity contribution in [2.24, 2.45) is 5.73 Å². The molecule has 0 aliphatic carbocycles. The molecular formula is C16H21N5O. The average Bonchev–Trinajstić information content (AvgIpc) is 2.52. The van der Waals surface area contributed by atoms with Crippen LogP contribution in [0.4, 0.5) is 17.3 Å². The lowest BCUT2D eigenvalue weighted by Gasteiger charge is -2.29. The van der Waals surface area contributed by atoms with Crippen molar-refractivity contribution < 1.29 is 4.74 Å². The molecule has 6 heteroatoms. The Morgan fingerprint density at radius 1 is 1.18 bits per heavy atom. The van der Waals surface area contributed by atoms with Gasteiger partial charge in [-0.3, -0.25) is 4.98 Å². The summed E-state index contributed by atoms with van der Waals surface area (Å²) in [6, 6.07) is 8.29. The number of benzene rings is 1. The highest BCUT2D eigenvalue weighted by molar-refractivity contribution is 5.57. The zero-order valence-corrected chi connectivity index (χ0v) is 12.6. The monoisotopic (exact) mass is 299 g/mol. The van der Waals surface area contributed by atoms with E-state index in [0.29, 0.717) is 12.4 Å². The molecule has 116 valence electrons. The maximum absolute atomic E-state index is 6.05. The van der Waals surface area contributed by atoms with Gasteiger partial charge in [0.15, 0.2) is 5.82 Å². The Morgan fingerprint density at radius 3 is 2.73 bits per heavy atom. The predicted octanol–water partition coefficient (Wildman–Crippen LogP) is 2.06. The lowest BCUT2D eigenvalue weighted by molar-refractivity contribution is 0.0752. The molecule has 2 aromatic rings. The van der Waals surface area contributed by atoms with E-state index in [-0.39, 0.29) is 12.1 Å². The fourth-order valence-corrected chi connectivity index (χ4v) is 2.41. The molecule has 2 heterocycles. The molecule has 6 nitrogen and oxygen atoms in total. The maximum Gasteiger partial charge on any atom is 0.151 e. The van der Waals surface area contributed by atoms with E-state index in [1.165, 1.54) is 5.56 Å². The van der Waals surface area contributed by atoms with Crippen molar-refractivity contribution in [1.82, 2.24) is 9.97 Å². The maximum atomic E-state index is 6.05. The van der Waals surface area contributed by atoms with Gasteiger partial charge in [0.05, 0.1) is 19.0 Å². The number of nitrogens with one attached hydrogen (secondary N) is 2.